The summed E-state index contributed by atoms with van der Waals surface area (Å²) in [6.07, 6.45) is 3.04. The van der Waals surface area contributed by atoms with Gasteiger partial charge in [-0.1, -0.05) is 6.07 Å². The molecule has 1 fully saturated rings. The highest BCUT2D eigenvalue weighted by molar-refractivity contribution is 5.71. The van der Waals surface area contributed by atoms with Crippen LogP contribution >= 0.6 is 0 Å². The van der Waals surface area contributed by atoms with Crippen molar-refractivity contribution < 1.29 is 9.53 Å². The number of pyridine rings is 1. The fraction of sp³-hybridized carbons (Fsp3) is 0.455. The zero-order chi connectivity index (χ0) is 11.1. The molecule has 2 atom stereocenters. The number of carbonyl (C=O) groups excluding carboxylic acids is 1. The molecule has 0 saturated carbocycles. The second-order valence-electron chi connectivity index (χ2n) is 3.97. The van der Waals surface area contributed by atoms with Gasteiger partial charge in [0, 0.05) is 19.4 Å². The summed E-state index contributed by atoms with van der Waals surface area (Å²) in [5.41, 5.74) is 0.566. The Labute approximate surface area is 88.9 Å². The van der Waals surface area contributed by atoms with E-state index in [0.29, 0.717) is 0 Å². The zero-order valence-electron chi connectivity index (χ0n) is 9.10. The molecule has 2 unspecified atom stereocenters. The summed E-state index contributed by atoms with van der Waals surface area (Å²) in [6, 6.07) is 3.83. The third kappa shape index (κ3) is 1.28. The largest absolute Gasteiger partial charge is 0.444 e. The third-order valence-corrected chi connectivity index (χ3v) is 3.29. The summed E-state index contributed by atoms with van der Waals surface area (Å²) in [5.74, 6) is 0. The standard InChI is InChI=1S/C11H14N2O2/c1-8-11(2,13(3)10(14)15-8)9-5-4-6-12-7-9/h4-8H,1-3H3. The molecule has 1 aliphatic heterocycles. The molecule has 1 aromatic rings. The predicted molar refractivity (Wildman–Crippen MR) is 55.3 cm³/mol. The maximum absolute atomic E-state index is 11.5. The fourth-order valence-electron chi connectivity index (χ4n) is 1.90. The van der Waals surface area contributed by atoms with Crippen LogP contribution in [0.4, 0.5) is 4.79 Å². The van der Waals surface area contributed by atoms with E-state index in [4.69, 9.17) is 4.74 Å². The van der Waals surface area contributed by atoms with Crippen molar-refractivity contribution in [3.05, 3.63) is 30.1 Å². The van der Waals surface area contributed by atoms with Gasteiger partial charge < -0.3 is 4.74 Å². The molecule has 0 aromatic carbocycles. The smallest absolute Gasteiger partial charge is 0.410 e. The first kappa shape index (κ1) is 9.96. The first-order valence-electron chi connectivity index (χ1n) is 4.91. The highest BCUT2D eigenvalue weighted by Gasteiger charge is 2.48. The monoisotopic (exact) mass is 206 g/mol. The predicted octanol–water partition coefficient (Wildman–Crippen LogP) is 1.77. The fourth-order valence-corrected chi connectivity index (χ4v) is 1.90. The summed E-state index contributed by atoms with van der Waals surface area (Å²) in [7, 11) is 1.75. The van der Waals surface area contributed by atoms with Crippen LogP contribution in [0, 0.1) is 0 Å². The molecule has 1 aliphatic rings. The molecule has 1 aromatic heterocycles. The molecule has 80 valence electrons. The molecular weight excluding hydrogens is 192 g/mol. The highest BCUT2D eigenvalue weighted by Crippen LogP contribution is 2.37. The van der Waals surface area contributed by atoms with Crippen molar-refractivity contribution in [2.75, 3.05) is 7.05 Å². The van der Waals surface area contributed by atoms with Gasteiger partial charge >= 0.3 is 6.09 Å². The Kier molecular flexibility index (Phi) is 2.14. The molecule has 0 spiro atoms. The van der Waals surface area contributed by atoms with Gasteiger partial charge in [0.25, 0.3) is 0 Å². The molecule has 0 aliphatic carbocycles. The number of likely N-dealkylation sites (N-methyl/N-ethyl adjacent to an activating group) is 1. The quantitative estimate of drug-likeness (QED) is 0.703. The van der Waals surface area contributed by atoms with E-state index in [2.05, 4.69) is 4.98 Å². The Morgan fingerprint density at radius 1 is 1.60 bits per heavy atom. The Balaban J connectivity index is 2.46. The van der Waals surface area contributed by atoms with E-state index in [1.165, 1.54) is 0 Å². The van der Waals surface area contributed by atoms with Gasteiger partial charge in [-0.15, -0.1) is 0 Å². The number of cyclic esters (lactones) is 1. The lowest BCUT2D eigenvalue weighted by atomic mass is 9.88. The van der Waals surface area contributed by atoms with Gasteiger partial charge in [-0.3, -0.25) is 9.88 Å². The van der Waals surface area contributed by atoms with Crippen molar-refractivity contribution in [2.45, 2.75) is 25.5 Å². The van der Waals surface area contributed by atoms with E-state index in [9.17, 15) is 4.79 Å². The summed E-state index contributed by atoms with van der Waals surface area (Å²) in [6.45, 7) is 3.88. The Bertz CT molecular complexity index is 379. The van der Waals surface area contributed by atoms with Crippen molar-refractivity contribution in [3.8, 4) is 0 Å². The van der Waals surface area contributed by atoms with Crippen LogP contribution in [0.5, 0.6) is 0 Å². The first-order chi connectivity index (χ1) is 7.06. The van der Waals surface area contributed by atoms with Gasteiger partial charge in [0.05, 0.1) is 0 Å². The number of carbonyl (C=O) groups is 1. The van der Waals surface area contributed by atoms with Gasteiger partial charge in [-0.2, -0.15) is 0 Å². The maximum Gasteiger partial charge on any atom is 0.410 e. The van der Waals surface area contributed by atoms with E-state index >= 15 is 0 Å². The Morgan fingerprint density at radius 2 is 2.33 bits per heavy atom. The lowest BCUT2D eigenvalue weighted by molar-refractivity contribution is 0.122. The lowest BCUT2D eigenvalue weighted by Crippen LogP contribution is -2.42. The van der Waals surface area contributed by atoms with Crippen LogP contribution in [0.1, 0.15) is 19.4 Å². The minimum atomic E-state index is -0.425. The van der Waals surface area contributed by atoms with Crippen LogP contribution in [0.15, 0.2) is 24.5 Å². The highest BCUT2D eigenvalue weighted by atomic mass is 16.6. The van der Waals surface area contributed by atoms with Crippen LogP contribution in [0.25, 0.3) is 0 Å². The summed E-state index contributed by atoms with van der Waals surface area (Å²) < 4.78 is 5.20. The molecule has 1 amide bonds. The van der Waals surface area contributed by atoms with Crippen LogP contribution in [0.2, 0.25) is 0 Å². The van der Waals surface area contributed by atoms with Crippen molar-refractivity contribution in [2.24, 2.45) is 0 Å². The summed E-state index contributed by atoms with van der Waals surface area (Å²) in [4.78, 5) is 17.2. The molecule has 4 heteroatoms. The van der Waals surface area contributed by atoms with Gasteiger partial charge in [0.1, 0.15) is 11.6 Å². The van der Waals surface area contributed by atoms with Crippen molar-refractivity contribution >= 4 is 6.09 Å². The average Bonchev–Trinajstić information content (AvgIpc) is 2.45. The van der Waals surface area contributed by atoms with Gasteiger partial charge in [0.2, 0.25) is 0 Å². The van der Waals surface area contributed by atoms with Crippen LogP contribution in [-0.4, -0.2) is 29.1 Å². The number of amides is 1. The van der Waals surface area contributed by atoms with E-state index in [-0.39, 0.29) is 12.2 Å². The second-order valence-corrected chi connectivity index (χ2v) is 3.97. The van der Waals surface area contributed by atoms with Crippen molar-refractivity contribution in [3.63, 3.8) is 0 Å². The first-order valence-corrected chi connectivity index (χ1v) is 4.91. The van der Waals surface area contributed by atoms with Gasteiger partial charge in [-0.05, 0) is 25.5 Å². The van der Waals surface area contributed by atoms with E-state index < -0.39 is 5.54 Å². The minimum absolute atomic E-state index is 0.167. The maximum atomic E-state index is 11.5. The average molecular weight is 206 g/mol. The molecule has 4 nitrogen and oxygen atoms in total. The van der Waals surface area contributed by atoms with Gasteiger partial charge in [-0.25, -0.2) is 4.79 Å². The number of hydrogen-bond donors (Lipinski definition) is 0. The Morgan fingerprint density at radius 3 is 2.80 bits per heavy atom. The lowest BCUT2D eigenvalue weighted by Gasteiger charge is -2.32. The number of ether oxygens (including phenoxy) is 1. The third-order valence-electron chi connectivity index (χ3n) is 3.29. The molecule has 0 N–H and O–H groups in total. The molecule has 2 rings (SSSR count). The molecule has 0 radical (unpaired) electrons. The topological polar surface area (TPSA) is 42.4 Å². The zero-order valence-corrected chi connectivity index (χ0v) is 9.10. The van der Waals surface area contributed by atoms with Crippen molar-refractivity contribution in [1.29, 1.82) is 0 Å². The second kappa shape index (κ2) is 3.22. The minimum Gasteiger partial charge on any atom is -0.444 e. The van der Waals surface area contributed by atoms with E-state index in [0.717, 1.165) is 5.56 Å². The number of aromatic nitrogens is 1. The van der Waals surface area contributed by atoms with E-state index in [1.807, 2.05) is 26.0 Å². The number of hydrogen-bond acceptors (Lipinski definition) is 3. The van der Waals surface area contributed by atoms with Crippen LogP contribution < -0.4 is 0 Å². The SMILES string of the molecule is CC1OC(=O)N(C)C1(C)c1cccnc1. The summed E-state index contributed by atoms with van der Waals surface area (Å²) in [5, 5.41) is 0. The molecule has 0 bridgehead atoms. The molecular formula is C11H14N2O2. The van der Waals surface area contributed by atoms with Crippen LogP contribution in [-0.2, 0) is 10.3 Å². The number of nitrogens with zero attached hydrogens (tertiary/aromatic N) is 2. The summed E-state index contributed by atoms with van der Waals surface area (Å²) >= 11 is 0. The van der Waals surface area contributed by atoms with Gasteiger partial charge in [0.15, 0.2) is 0 Å². The molecule has 1 saturated heterocycles. The Hall–Kier alpha value is -1.58. The normalized spacial score (nSPS) is 30.5. The molecule has 2 heterocycles. The van der Waals surface area contributed by atoms with Crippen LogP contribution in [0.3, 0.4) is 0 Å². The van der Waals surface area contributed by atoms with Crippen molar-refractivity contribution in [1.82, 2.24) is 9.88 Å². The number of rotatable bonds is 1. The van der Waals surface area contributed by atoms with E-state index in [1.54, 1.807) is 24.3 Å². The molecule has 15 heavy (non-hydrogen) atoms.